The van der Waals surface area contributed by atoms with E-state index in [1.165, 1.54) is 0 Å². The van der Waals surface area contributed by atoms with Crippen LogP contribution in [-0.2, 0) is 16.8 Å². The topological polar surface area (TPSA) is 46.4 Å². The smallest absolute Gasteiger partial charge is 0.230 e. The van der Waals surface area contributed by atoms with Gasteiger partial charge in [-0.2, -0.15) is 5.10 Å². The first-order valence-electron chi connectivity index (χ1n) is 8.65. The molecule has 1 saturated carbocycles. The lowest BCUT2D eigenvalue weighted by Gasteiger charge is -2.28. The van der Waals surface area contributed by atoms with Crippen molar-refractivity contribution in [3.8, 4) is 0 Å². The lowest BCUT2D eigenvalue weighted by Crippen LogP contribution is -2.42. The molecule has 0 aliphatic heterocycles. The summed E-state index contributed by atoms with van der Waals surface area (Å²) in [5.41, 5.74) is 2.51. The molecule has 0 atom stereocenters. The molecular weight excluding hydrogens is 334 g/mol. The number of pyridine rings is 1. The van der Waals surface area contributed by atoms with Crippen molar-refractivity contribution < 1.29 is 4.79 Å². The minimum atomic E-state index is -0.441. The largest absolute Gasteiger partial charge is 0.350 e. The molecule has 1 amide bonds. The molecule has 4 rings (SSSR count). The van der Waals surface area contributed by atoms with Crippen LogP contribution in [0.3, 0.4) is 0 Å². The number of amides is 1. The van der Waals surface area contributed by atoms with E-state index in [0.29, 0.717) is 11.6 Å². The zero-order chi connectivity index (χ0) is 17.3. The molecule has 0 spiro atoms. The zero-order valence-corrected chi connectivity index (χ0v) is 14.7. The minimum Gasteiger partial charge on any atom is -0.350 e. The van der Waals surface area contributed by atoms with E-state index < -0.39 is 5.41 Å². The highest BCUT2D eigenvalue weighted by Gasteiger charge is 2.42. The summed E-state index contributed by atoms with van der Waals surface area (Å²) in [4.78, 5) is 13.1. The third-order valence-corrected chi connectivity index (χ3v) is 5.39. The Morgan fingerprint density at radius 1 is 1.16 bits per heavy atom. The Bertz CT molecular complexity index is 862. The fourth-order valence-corrected chi connectivity index (χ4v) is 3.94. The van der Waals surface area contributed by atoms with Gasteiger partial charge in [0.1, 0.15) is 0 Å². The first kappa shape index (κ1) is 16.2. The molecule has 0 unspecified atom stereocenters. The van der Waals surface area contributed by atoms with Crippen LogP contribution in [0.4, 0.5) is 0 Å². The van der Waals surface area contributed by atoms with Crippen LogP contribution in [0.2, 0.25) is 5.02 Å². The summed E-state index contributed by atoms with van der Waals surface area (Å²) in [7, 11) is 0. The van der Waals surface area contributed by atoms with E-state index in [4.69, 9.17) is 11.6 Å². The number of hydrogen-bond donors (Lipinski definition) is 1. The summed E-state index contributed by atoms with van der Waals surface area (Å²) in [6.07, 6.45) is 5.82. The van der Waals surface area contributed by atoms with E-state index in [-0.39, 0.29) is 5.91 Å². The van der Waals surface area contributed by atoms with Gasteiger partial charge in [-0.3, -0.25) is 4.79 Å². The Balaban J connectivity index is 1.54. The molecule has 5 heteroatoms. The standard InChI is InChI=1S/C20H20ClN3O/c21-16-8-6-15(7-9-16)20(10-2-3-11-20)19(25)22-14-17-13-18-5-1-4-12-24(18)23-17/h1,4-9,12-13H,2-3,10-11,14H2,(H,22,25). The molecule has 2 aromatic heterocycles. The van der Waals surface area contributed by atoms with Crippen molar-refractivity contribution in [3.63, 3.8) is 0 Å². The number of aromatic nitrogens is 2. The Morgan fingerprint density at radius 2 is 1.92 bits per heavy atom. The molecule has 1 aromatic carbocycles. The number of carbonyl (C=O) groups is 1. The molecule has 1 N–H and O–H groups in total. The van der Waals surface area contributed by atoms with Crippen LogP contribution >= 0.6 is 11.6 Å². The fraction of sp³-hybridized carbons (Fsp3) is 0.300. The van der Waals surface area contributed by atoms with Crippen LogP contribution in [0.15, 0.2) is 54.7 Å². The molecule has 25 heavy (non-hydrogen) atoms. The SMILES string of the molecule is O=C(NCc1cc2ccccn2n1)C1(c2ccc(Cl)cc2)CCCC1. The van der Waals surface area contributed by atoms with E-state index >= 15 is 0 Å². The van der Waals surface area contributed by atoms with Crippen molar-refractivity contribution in [3.05, 3.63) is 71.0 Å². The van der Waals surface area contributed by atoms with Gasteiger partial charge in [0.2, 0.25) is 5.91 Å². The third-order valence-electron chi connectivity index (χ3n) is 5.14. The molecule has 1 aliphatic carbocycles. The maximum Gasteiger partial charge on any atom is 0.230 e. The lowest BCUT2D eigenvalue weighted by molar-refractivity contribution is -0.126. The maximum atomic E-state index is 13.1. The average molecular weight is 354 g/mol. The molecule has 0 radical (unpaired) electrons. The van der Waals surface area contributed by atoms with Gasteiger partial charge in [0, 0.05) is 11.2 Å². The number of halogens is 1. The summed E-state index contributed by atoms with van der Waals surface area (Å²) >= 11 is 6.01. The summed E-state index contributed by atoms with van der Waals surface area (Å²) in [5, 5.41) is 8.31. The number of nitrogens with one attached hydrogen (secondary N) is 1. The van der Waals surface area contributed by atoms with Crippen LogP contribution in [0.25, 0.3) is 5.52 Å². The van der Waals surface area contributed by atoms with Crippen molar-refractivity contribution in [1.82, 2.24) is 14.9 Å². The number of fused-ring (bicyclic) bond motifs is 1. The molecule has 1 aliphatic rings. The third kappa shape index (κ3) is 3.02. The molecule has 3 aromatic rings. The zero-order valence-electron chi connectivity index (χ0n) is 13.9. The quantitative estimate of drug-likeness (QED) is 0.767. The van der Waals surface area contributed by atoms with Crippen molar-refractivity contribution in [2.45, 2.75) is 37.6 Å². The van der Waals surface area contributed by atoms with Crippen LogP contribution in [0.5, 0.6) is 0 Å². The van der Waals surface area contributed by atoms with Crippen molar-refractivity contribution in [2.24, 2.45) is 0 Å². The highest BCUT2D eigenvalue weighted by Crippen LogP contribution is 2.41. The van der Waals surface area contributed by atoms with Gasteiger partial charge in [-0.1, -0.05) is 42.6 Å². The second kappa shape index (κ2) is 6.52. The van der Waals surface area contributed by atoms with Gasteiger partial charge in [0.05, 0.1) is 23.2 Å². The number of benzene rings is 1. The second-order valence-corrected chi connectivity index (χ2v) is 7.12. The number of carbonyl (C=O) groups excluding carboxylic acids is 1. The average Bonchev–Trinajstić information content (AvgIpc) is 3.27. The van der Waals surface area contributed by atoms with Gasteiger partial charge in [0.25, 0.3) is 0 Å². The summed E-state index contributed by atoms with van der Waals surface area (Å²) in [5.74, 6) is 0.0874. The monoisotopic (exact) mass is 353 g/mol. The predicted molar refractivity (Wildman–Crippen MR) is 98.6 cm³/mol. The van der Waals surface area contributed by atoms with Crippen LogP contribution in [0.1, 0.15) is 36.9 Å². The minimum absolute atomic E-state index is 0.0874. The molecule has 0 bridgehead atoms. The van der Waals surface area contributed by atoms with Crippen molar-refractivity contribution in [2.75, 3.05) is 0 Å². The van der Waals surface area contributed by atoms with Gasteiger partial charge in [-0.15, -0.1) is 0 Å². The van der Waals surface area contributed by atoms with Crippen molar-refractivity contribution >= 4 is 23.0 Å². The number of hydrogen-bond acceptors (Lipinski definition) is 2. The van der Waals surface area contributed by atoms with E-state index in [1.54, 1.807) is 0 Å². The number of nitrogens with zero attached hydrogens (tertiary/aromatic N) is 2. The lowest BCUT2D eigenvalue weighted by atomic mass is 9.78. The molecular formula is C20H20ClN3O. The molecule has 1 fully saturated rings. The Hall–Kier alpha value is -2.33. The maximum absolute atomic E-state index is 13.1. The van der Waals surface area contributed by atoms with Crippen LogP contribution in [-0.4, -0.2) is 15.5 Å². The first-order chi connectivity index (χ1) is 12.2. The predicted octanol–water partition coefficient (Wildman–Crippen LogP) is 4.12. The van der Waals surface area contributed by atoms with Crippen LogP contribution < -0.4 is 5.32 Å². The number of rotatable bonds is 4. The van der Waals surface area contributed by atoms with Crippen LogP contribution in [0, 0.1) is 0 Å². The van der Waals surface area contributed by atoms with E-state index in [2.05, 4.69) is 10.4 Å². The summed E-state index contributed by atoms with van der Waals surface area (Å²) < 4.78 is 1.83. The Morgan fingerprint density at radius 3 is 2.64 bits per heavy atom. The van der Waals surface area contributed by atoms with Gasteiger partial charge < -0.3 is 5.32 Å². The summed E-state index contributed by atoms with van der Waals surface area (Å²) in [6, 6.07) is 15.6. The molecule has 0 saturated heterocycles. The molecule has 4 nitrogen and oxygen atoms in total. The highest BCUT2D eigenvalue weighted by molar-refractivity contribution is 6.30. The Labute approximate surface area is 151 Å². The molecule has 128 valence electrons. The van der Waals surface area contributed by atoms with Crippen molar-refractivity contribution in [1.29, 1.82) is 0 Å². The van der Waals surface area contributed by atoms with Gasteiger partial charge in [-0.05, 0) is 48.7 Å². The van der Waals surface area contributed by atoms with Gasteiger partial charge >= 0.3 is 0 Å². The normalized spacial score (nSPS) is 16.2. The Kier molecular flexibility index (Phi) is 4.22. The second-order valence-electron chi connectivity index (χ2n) is 6.68. The fourth-order valence-electron chi connectivity index (χ4n) is 3.81. The first-order valence-corrected chi connectivity index (χ1v) is 9.03. The van der Waals surface area contributed by atoms with E-state index in [1.807, 2.05) is 59.2 Å². The van der Waals surface area contributed by atoms with Gasteiger partial charge in [-0.25, -0.2) is 4.52 Å². The summed E-state index contributed by atoms with van der Waals surface area (Å²) in [6.45, 7) is 0.440. The highest BCUT2D eigenvalue weighted by atomic mass is 35.5. The molecule has 2 heterocycles. The van der Waals surface area contributed by atoms with Gasteiger partial charge in [0.15, 0.2) is 0 Å². The van der Waals surface area contributed by atoms with E-state index in [9.17, 15) is 4.79 Å². The van der Waals surface area contributed by atoms with E-state index in [0.717, 1.165) is 42.5 Å².